The van der Waals surface area contributed by atoms with E-state index < -0.39 is 0 Å². The predicted octanol–water partition coefficient (Wildman–Crippen LogP) is 4.68. The van der Waals surface area contributed by atoms with Crippen LogP contribution in [0.3, 0.4) is 0 Å². The van der Waals surface area contributed by atoms with Crippen LogP contribution in [0.25, 0.3) is 0 Å². The quantitative estimate of drug-likeness (QED) is 0.747. The number of hydrogen-bond acceptors (Lipinski definition) is 3. The molecule has 3 nitrogen and oxygen atoms in total. The molecular weight excluding hydrogens is 260 g/mol. The van der Waals surface area contributed by atoms with Gasteiger partial charge in [0.25, 0.3) is 0 Å². The van der Waals surface area contributed by atoms with Crippen LogP contribution in [0.15, 0.2) is 18.2 Å². The van der Waals surface area contributed by atoms with E-state index in [1.165, 1.54) is 32.1 Å². The Morgan fingerprint density at radius 2 is 1.86 bits per heavy atom. The van der Waals surface area contributed by atoms with E-state index in [1.807, 2.05) is 32.0 Å². The van der Waals surface area contributed by atoms with Gasteiger partial charge in [-0.15, -0.1) is 0 Å². The molecular formula is C18H30N2O. The van der Waals surface area contributed by atoms with Crippen molar-refractivity contribution in [3.05, 3.63) is 18.2 Å². The summed E-state index contributed by atoms with van der Waals surface area (Å²) in [6.07, 6.45) is 6.99. The number of nitrogens with one attached hydrogen (secondary N) is 1. The standard InChI is InChI=1S/C18H30N2O/c1-4-14-5-7-15(8-6-14)12-20-16-9-10-17(19)18(11-16)21-13(2)3/h9-11,13-15,20H,4-8,12,19H2,1-3H3. The Morgan fingerprint density at radius 3 is 2.48 bits per heavy atom. The summed E-state index contributed by atoms with van der Waals surface area (Å²) in [5.41, 5.74) is 7.77. The van der Waals surface area contributed by atoms with Crippen LogP contribution in [-0.4, -0.2) is 12.6 Å². The van der Waals surface area contributed by atoms with Crippen LogP contribution in [0.4, 0.5) is 11.4 Å². The van der Waals surface area contributed by atoms with Crippen molar-refractivity contribution in [3.63, 3.8) is 0 Å². The second kappa shape index (κ2) is 7.58. The maximum absolute atomic E-state index is 5.95. The average Bonchev–Trinajstić information content (AvgIpc) is 2.48. The minimum atomic E-state index is 0.145. The Bertz CT molecular complexity index is 437. The third-order valence-corrected chi connectivity index (χ3v) is 4.51. The molecule has 3 heteroatoms. The zero-order valence-corrected chi connectivity index (χ0v) is 13.7. The molecule has 0 bridgehead atoms. The summed E-state index contributed by atoms with van der Waals surface area (Å²) in [5.74, 6) is 2.55. The van der Waals surface area contributed by atoms with Gasteiger partial charge in [-0.2, -0.15) is 0 Å². The van der Waals surface area contributed by atoms with Gasteiger partial charge >= 0.3 is 0 Å². The summed E-state index contributed by atoms with van der Waals surface area (Å²) in [6.45, 7) is 7.41. The fourth-order valence-corrected chi connectivity index (χ4v) is 3.11. The summed E-state index contributed by atoms with van der Waals surface area (Å²) in [6, 6.07) is 5.99. The smallest absolute Gasteiger partial charge is 0.144 e. The lowest BCUT2D eigenvalue weighted by atomic mass is 9.81. The fourth-order valence-electron chi connectivity index (χ4n) is 3.11. The molecule has 0 aliphatic heterocycles. The highest BCUT2D eigenvalue weighted by Gasteiger charge is 2.19. The highest BCUT2D eigenvalue weighted by molar-refractivity contribution is 5.61. The number of benzene rings is 1. The van der Waals surface area contributed by atoms with Gasteiger partial charge < -0.3 is 15.8 Å². The molecule has 1 aromatic rings. The molecule has 0 heterocycles. The molecule has 21 heavy (non-hydrogen) atoms. The highest BCUT2D eigenvalue weighted by atomic mass is 16.5. The van der Waals surface area contributed by atoms with Gasteiger partial charge in [0.15, 0.2) is 0 Å². The van der Waals surface area contributed by atoms with Crippen molar-refractivity contribution in [2.75, 3.05) is 17.6 Å². The van der Waals surface area contributed by atoms with Gasteiger partial charge in [0.05, 0.1) is 11.8 Å². The van der Waals surface area contributed by atoms with Crippen molar-refractivity contribution in [1.82, 2.24) is 0 Å². The third kappa shape index (κ3) is 4.83. The maximum Gasteiger partial charge on any atom is 0.144 e. The van der Waals surface area contributed by atoms with E-state index in [1.54, 1.807) is 0 Å². The number of rotatable bonds is 6. The van der Waals surface area contributed by atoms with Crippen LogP contribution >= 0.6 is 0 Å². The zero-order valence-electron chi connectivity index (χ0n) is 13.7. The Balaban J connectivity index is 1.86. The summed E-state index contributed by atoms with van der Waals surface area (Å²) in [7, 11) is 0. The van der Waals surface area contributed by atoms with E-state index in [0.29, 0.717) is 5.69 Å². The first-order valence-electron chi connectivity index (χ1n) is 8.38. The van der Waals surface area contributed by atoms with E-state index in [9.17, 15) is 0 Å². The van der Waals surface area contributed by atoms with Crippen LogP contribution in [-0.2, 0) is 0 Å². The van der Waals surface area contributed by atoms with Gasteiger partial charge in [-0.05, 0) is 50.7 Å². The summed E-state index contributed by atoms with van der Waals surface area (Å²) in [4.78, 5) is 0. The lowest BCUT2D eigenvalue weighted by Gasteiger charge is -2.28. The van der Waals surface area contributed by atoms with Crippen LogP contribution in [0.1, 0.15) is 52.9 Å². The van der Waals surface area contributed by atoms with Gasteiger partial charge in [0.1, 0.15) is 5.75 Å². The van der Waals surface area contributed by atoms with Crippen LogP contribution in [0, 0.1) is 11.8 Å². The minimum absolute atomic E-state index is 0.145. The normalized spacial score (nSPS) is 22.3. The maximum atomic E-state index is 5.95. The van der Waals surface area contributed by atoms with E-state index in [2.05, 4.69) is 12.2 Å². The van der Waals surface area contributed by atoms with Gasteiger partial charge in [-0.1, -0.05) is 26.2 Å². The molecule has 0 unspecified atom stereocenters. The largest absolute Gasteiger partial charge is 0.489 e. The lowest BCUT2D eigenvalue weighted by molar-refractivity contribution is 0.244. The molecule has 1 aliphatic carbocycles. The van der Waals surface area contributed by atoms with E-state index in [4.69, 9.17) is 10.5 Å². The SMILES string of the molecule is CCC1CCC(CNc2ccc(N)c(OC(C)C)c2)CC1. The Morgan fingerprint density at radius 1 is 1.19 bits per heavy atom. The molecule has 1 fully saturated rings. The zero-order chi connectivity index (χ0) is 15.2. The van der Waals surface area contributed by atoms with Gasteiger partial charge in [0, 0.05) is 18.3 Å². The van der Waals surface area contributed by atoms with Crippen molar-refractivity contribution in [2.45, 2.75) is 59.0 Å². The van der Waals surface area contributed by atoms with Crippen molar-refractivity contribution >= 4 is 11.4 Å². The van der Waals surface area contributed by atoms with Crippen LogP contribution < -0.4 is 15.8 Å². The number of ether oxygens (including phenoxy) is 1. The van der Waals surface area contributed by atoms with Crippen molar-refractivity contribution < 1.29 is 4.74 Å². The molecule has 0 radical (unpaired) electrons. The molecule has 1 aliphatic rings. The van der Waals surface area contributed by atoms with Gasteiger partial charge in [0.2, 0.25) is 0 Å². The van der Waals surface area contributed by atoms with Crippen LogP contribution in [0.5, 0.6) is 5.75 Å². The van der Waals surface area contributed by atoms with E-state index >= 15 is 0 Å². The molecule has 0 atom stereocenters. The topological polar surface area (TPSA) is 47.3 Å². The average molecular weight is 290 g/mol. The molecule has 0 saturated heterocycles. The Labute approximate surface area is 129 Å². The monoisotopic (exact) mass is 290 g/mol. The fraction of sp³-hybridized carbons (Fsp3) is 0.667. The minimum Gasteiger partial charge on any atom is -0.489 e. The molecule has 3 N–H and O–H groups in total. The number of nitrogen functional groups attached to an aromatic ring is 1. The van der Waals surface area contributed by atoms with E-state index in [-0.39, 0.29) is 6.10 Å². The third-order valence-electron chi connectivity index (χ3n) is 4.51. The first-order valence-corrected chi connectivity index (χ1v) is 8.38. The van der Waals surface area contributed by atoms with Crippen molar-refractivity contribution in [2.24, 2.45) is 11.8 Å². The Kier molecular flexibility index (Phi) is 5.77. The first-order chi connectivity index (χ1) is 10.1. The van der Waals surface area contributed by atoms with Crippen molar-refractivity contribution in [3.8, 4) is 5.75 Å². The Hall–Kier alpha value is -1.38. The molecule has 2 rings (SSSR count). The summed E-state index contributed by atoms with van der Waals surface area (Å²) in [5, 5.41) is 3.55. The second-order valence-corrected chi connectivity index (χ2v) is 6.60. The lowest BCUT2D eigenvalue weighted by Crippen LogP contribution is -2.21. The van der Waals surface area contributed by atoms with Crippen molar-refractivity contribution in [1.29, 1.82) is 0 Å². The molecule has 0 amide bonds. The first kappa shape index (κ1) is 16.0. The summed E-state index contributed by atoms with van der Waals surface area (Å²) >= 11 is 0. The predicted molar refractivity (Wildman–Crippen MR) is 90.8 cm³/mol. The van der Waals surface area contributed by atoms with Gasteiger partial charge in [-0.25, -0.2) is 0 Å². The second-order valence-electron chi connectivity index (χ2n) is 6.60. The van der Waals surface area contributed by atoms with E-state index in [0.717, 1.165) is 29.8 Å². The molecule has 0 spiro atoms. The number of anilines is 2. The van der Waals surface area contributed by atoms with Gasteiger partial charge in [-0.3, -0.25) is 0 Å². The number of nitrogens with two attached hydrogens (primary N) is 1. The number of hydrogen-bond donors (Lipinski definition) is 2. The summed E-state index contributed by atoms with van der Waals surface area (Å²) < 4.78 is 5.74. The molecule has 0 aromatic heterocycles. The molecule has 1 saturated carbocycles. The van der Waals surface area contributed by atoms with Crippen LogP contribution in [0.2, 0.25) is 0 Å². The highest BCUT2D eigenvalue weighted by Crippen LogP contribution is 2.31. The molecule has 118 valence electrons. The molecule has 1 aromatic carbocycles.